The van der Waals surface area contributed by atoms with E-state index < -0.39 is 11.6 Å². The summed E-state index contributed by atoms with van der Waals surface area (Å²) >= 11 is 0. The van der Waals surface area contributed by atoms with Crippen LogP contribution in [0.4, 0.5) is 26.2 Å². The molecule has 2 aliphatic carbocycles. The summed E-state index contributed by atoms with van der Waals surface area (Å²) in [7, 11) is 0. The number of imidazole rings is 1. The number of aromatic nitrogens is 2. The average molecular weight is 485 g/mol. The Hall–Kier alpha value is -2.90. The van der Waals surface area contributed by atoms with Gasteiger partial charge in [-0.1, -0.05) is 46.6 Å². The molecule has 0 saturated heterocycles. The van der Waals surface area contributed by atoms with Crippen LogP contribution in [0.1, 0.15) is 83.9 Å². The van der Waals surface area contributed by atoms with Crippen LogP contribution in [0.15, 0.2) is 30.6 Å². The number of hydrogen-bond donors (Lipinski definition) is 4. The zero-order valence-electron chi connectivity index (χ0n) is 21.1. The number of anilines is 3. The molecule has 35 heavy (non-hydrogen) atoms. The Morgan fingerprint density at radius 3 is 2.51 bits per heavy atom. The average Bonchev–Trinajstić information content (AvgIpc) is 3.41. The largest absolute Gasteiger partial charge is 0.369 e. The van der Waals surface area contributed by atoms with Gasteiger partial charge in [-0.25, -0.2) is 13.8 Å². The first kappa shape index (κ1) is 25.2. The van der Waals surface area contributed by atoms with Gasteiger partial charge in [0.05, 0.1) is 11.5 Å². The van der Waals surface area contributed by atoms with Crippen molar-refractivity contribution in [3.8, 4) is 0 Å². The summed E-state index contributed by atoms with van der Waals surface area (Å²) in [6, 6.07) is 3.95. The van der Waals surface area contributed by atoms with E-state index in [1.54, 1.807) is 0 Å². The SMILES string of the molecule is C=C(Nc1c(C=N)nc(Nc2ccc(F)cc2F)n1C1CC[C@@H](C(C)(C)C)C1)NC1CCCCC1. The molecule has 1 aromatic heterocycles. The van der Waals surface area contributed by atoms with Crippen molar-refractivity contribution in [2.24, 2.45) is 11.3 Å². The van der Waals surface area contributed by atoms with Gasteiger partial charge in [0.2, 0.25) is 5.95 Å². The molecule has 2 fully saturated rings. The van der Waals surface area contributed by atoms with Crippen LogP contribution in [-0.4, -0.2) is 21.8 Å². The van der Waals surface area contributed by atoms with Crippen LogP contribution >= 0.6 is 0 Å². The molecule has 2 aromatic rings. The lowest BCUT2D eigenvalue weighted by Gasteiger charge is -2.28. The van der Waals surface area contributed by atoms with Crippen molar-refractivity contribution >= 4 is 23.7 Å². The highest BCUT2D eigenvalue weighted by molar-refractivity contribution is 5.84. The molecule has 2 saturated carbocycles. The minimum Gasteiger partial charge on any atom is -0.369 e. The highest BCUT2D eigenvalue weighted by Crippen LogP contribution is 2.46. The maximum Gasteiger partial charge on any atom is 0.209 e. The molecule has 0 aliphatic heterocycles. The molecule has 8 heteroatoms. The Morgan fingerprint density at radius 2 is 1.89 bits per heavy atom. The van der Waals surface area contributed by atoms with Crippen molar-refractivity contribution in [1.29, 1.82) is 5.41 Å². The summed E-state index contributed by atoms with van der Waals surface area (Å²) in [6.45, 7) is 11.0. The lowest BCUT2D eigenvalue weighted by atomic mass is 9.80. The van der Waals surface area contributed by atoms with E-state index in [1.807, 2.05) is 4.57 Å². The van der Waals surface area contributed by atoms with Gasteiger partial charge in [-0.2, -0.15) is 0 Å². The van der Waals surface area contributed by atoms with Gasteiger partial charge in [0.25, 0.3) is 0 Å². The smallest absolute Gasteiger partial charge is 0.209 e. The highest BCUT2D eigenvalue weighted by atomic mass is 19.1. The van der Waals surface area contributed by atoms with E-state index in [0.717, 1.165) is 38.2 Å². The van der Waals surface area contributed by atoms with E-state index >= 15 is 0 Å². The third-order valence-electron chi connectivity index (χ3n) is 7.50. The summed E-state index contributed by atoms with van der Waals surface area (Å²) in [5.74, 6) is 0.983. The summed E-state index contributed by atoms with van der Waals surface area (Å²) in [4.78, 5) is 4.64. The van der Waals surface area contributed by atoms with Gasteiger partial charge < -0.3 is 21.4 Å². The molecule has 0 spiro atoms. The van der Waals surface area contributed by atoms with Crippen LogP contribution in [0.3, 0.4) is 0 Å². The molecular weight excluding hydrogens is 446 g/mol. The highest BCUT2D eigenvalue weighted by Gasteiger charge is 2.36. The van der Waals surface area contributed by atoms with Gasteiger partial charge in [0.15, 0.2) is 0 Å². The minimum atomic E-state index is -0.687. The Bertz CT molecular complexity index is 1060. The van der Waals surface area contributed by atoms with Gasteiger partial charge in [-0.15, -0.1) is 0 Å². The van der Waals surface area contributed by atoms with Crippen LogP contribution < -0.4 is 16.0 Å². The van der Waals surface area contributed by atoms with Gasteiger partial charge in [0, 0.05) is 24.4 Å². The molecule has 0 radical (unpaired) electrons. The lowest BCUT2D eigenvalue weighted by molar-refractivity contribution is 0.239. The van der Waals surface area contributed by atoms with Crippen LogP contribution in [-0.2, 0) is 0 Å². The molecule has 1 unspecified atom stereocenters. The summed E-state index contributed by atoms with van der Waals surface area (Å²) in [6.07, 6.45) is 10.1. The Morgan fingerprint density at radius 1 is 1.14 bits per heavy atom. The number of nitrogens with zero attached hydrogens (tertiary/aromatic N) is 2. The third kappa shape index (κ3) is 5.85. The summed E-state index contributed by atoms with van der Waals surface area (Å²) in [5, 5.41) is 18.0. The van der Waals surface area contributed by atoms with E-state index in [4.69, 9.17) is 5.41 Å². The molecule has 1 aromatic carbocycles. The molecule has 2 atom stereocenters. The number of nitrogens with one attached hydrogen (secondary N) is 4. The number of rotatable bonds is 8. The molecule has 2 aliphatic rings. The van der Waals surface area contributed by atoms with E-state index in [-0.39, 0.29) is 17.1 Å². The number of hydrogen-bond acceptors (Lipinski definition) is 5. The van der Waals surface area contributed by atoms with E-state index in [0.29, 0.717) is 35.2 Å². The van der Waals surface area contributed by atoms with Crippen LogP contribution in [0.2, 0.25) is 0 Å². The first-order valence-electron chi connectivity index (χ1n) is 12.7. The second-order valence-electron chi connectivity index (χ2n) is 11.0. The Balaban J connectivity index is 1.67. The Kier molecular flexibility index (Phi) is 7.47. The molecule has 1 heterocycles. The Labute approximate surface area is 207 Å². The lowest BCUT2D eigenvalue weighted by Crippen LogP contribution is -2.33. The quantitative estimate of drug-likeness (QED) is 0.302. The first-order valence-corrected chi connectivity index (χ1v) is 12.7. The summed E-state index contributed by atoms with van der Waals surface area (Å²) in [5.41, 5.74) is 0.766. The molecule has 0 amide bonds. The molecular formula is C27H38F2N6. The third-order valence-corrected chi connectivity index (χ3v) is 7.50. The molecule has 190 valence electrons. The predicted molar refractivity (Wildman–Crippen MR) is 138 cm³/mol. The van der Waals surface area contributed by atoms with Gasteiger partial charge in [-0.05, 0) is 55.6 Å². The van der Waals surface area contributed by atoms with Crippen molar-refractivity contribution in [3.05, 3.63) is 47.9 Å². The summed E-state index contributed by atoms with van der Waals surface area (Å²) < 4.78 is 30.0. The molecule has 6 nitrogen and oxygen atoms in total. The second-order valence-corrected chi connectivity index (χ2v) is 11.0. The minimum absolute atomic E-state index is 0.122. The number of benzene rings is 1. The van der Waals surface area contributed by atoms with Crippen LogP contribution in [0.25, 0.3) is 0 Å². The van der Waals surface area contributed by atoms with Gasteiger partial charge in [-0.3, -0.25) is 4.57 Å². The fourth-order valence-corrected chi connectivity index (χ4v) is 5.48. The predicted octanol–water partition coefficient (Wildman–Crippen LogP) is 7.10. The van der Waals surface area contributed by atoms with Crippen LogP contribution in [0.5, 0.6) is 0 Å². The molecule has 4 N–H and O–H groups in total. The monoisotopic (exact) mass is 484 g/mol. The van der Waals surface area contributed by atoms with Crippen molar-refractivity contribution in [1.82, 2.24) is 14.9 Å². The topological polar surface area (TPSA) is 77.8 Å². The van der Waals surface area contributed by atoms with Crippen molar-refractivity contribution in [2.75, 3.05) is 10.6 Å². The maximum atomic E-state index is 14.5. The van der Waals surface area contributed by atoms with Crippen molar-refractivity contribution in [3.63, 3.8) is 0 Å². The van der Waals surface area contributed by atoms with Gasteiger partial charge >= 0.3 is 0 Å². The standard InChI is InChI=1S/C27H38F2N6/c1-17(31-20-8-6-5-7-9-20)32-25-24(16-30)34-26(33-23-13-11-19(28)15-22(23)29)35(25)21-12-10-18(14-21)27(2,3)4/h11,13,15-16,18,20-21,30-32H,1,5-10,12,14H2,2-4H3,(H,33,34)/t18-,21?/m1/s1. The maximum absolute atomic E-state index is 14.5. The van der Waals surface area contributed by atoms with Gasteiger partial charge in [0.1, 0.15) is 23.1 Å². The second kappa shape index (κ2) is 10.4. The van der Waals surface area contributed by atoms with E-state index in [2.05, 4.69) is 48.3 Å². The van der Waals surface area contributed by atoms with E-state index in [1.165, 1.54) is 37.6 Å². The van der Waals surface area contributed by atoms with Crippen LogP contribution in [0, 0.1) is 28.4 Å². The molecule has 0 bridgehead atoms. The van der Waals surface area contributed by atoms with Crippen molar-refractivity contribution in [2.45, 2.75) is 84.2 Å². The molecule has 4 rings (SSSR count). The fourth-order valence-electron chi connectivity index (χ4n) is 5.48. The fraction of sp³-hybridized carbons (Fsp3) is 0.556. The normalized spacial score (nSPS) is 21.1. The zero-order chi connectivity index (χ0) is 25.2. The zero-order valence-corrected chi connectivity index (χ0v) is 21.1. The van der Waals surface area contributed by atoms with Crippen molar-refractivity contribution < 1.29 is 8.78 Å². The van der Waals surface area contributed by atoms with E-state index in [9.17, 15) is 8.78 Å². The first-order chi connectivity index (χ1) is 16.7. The number of halogens is 2.